The number of carbonyl (C=O) groups is 1. The van der Waals surface area contributed by atoms with Gasteiger partial charge in [0.1, 0.15) is 0 Å². The highest BCUT2D eigenvalue weighted by Gasteiger charge is 2.29. The first-order valence-electron chi connectivity index (χ1n) is 5.83. The maximum Gasteiger partial charge on any atom is 0.255 e. The van der Waals surface area contributed by atoms with E-state index < -0.39 is 0 Å². The number of hydrogen-bond donors (Lipinski definition) is 2. The summed E-state index contributed by atoms with van der Waals surface area (Å²) in [7, 11) is 1.82. The summed E-state index contributed by atoms with van der Waals surface area (Å²) in [5, 5.41) is 7.06. The molecule has 1 atom stereocenters. The topological polar surface area (TPSA) is 72.9 Å². The van der Waals surface area contributed by atoms with E-state index in [9.17, 15) is 4.79 Å². The zero-order valence-corrected chi connectivity index (χ0v) is 11.2. The summed E-state index contributed by atoms with van der Waals surface area (Å²) in [6.45, 7) is 8.33. The summed E-state index contributed by atoms with van der Waals surface area (Å²) in [6.07, 6.45) is 1.59. The summed E-state index contributed by atoms with van der Waals surface area (Å²) in [5.41, 5.74) is 6.81. The maximum absolute atomic E-state index is 12.1. The lowest BCUT2D eigenvalue weighted by Crippen LogP contribution is -2.55. The molecule has 0 fully saturated rings. The molecule has 1 unspecified atom stereocenters. The molecule has 1 heterocycles. The van der Waals surface area contributed by atoms with Crippen LogP contribution < -0.4 is 11.1 Å². The van der Waals surface area contributed by atoms with Crippen LogP contribution in [0.4, 0.5) is 0 Å². The molecule has 0 aliphatic rings. The predicted octanol–water partition coefficient (Wildman–Crippen LogP) is 0.832. The molecule has 0 aromatic carbocycles. The minimum Gasteiger partial charge on any atom is -0.345 e. The van der Waals surface area contributed by atoms with Crippen LogP contribution in [0.5, 0.6) is 0 Å². The normalized spacial score (nSPS) is 14.8. The highest BCUT2D eigenvalue weighted by Crippen LogP contribution is 2.16. The molecule has 0 saturated carbocycles. The number of aryl methyl sites for hydroxylation is 1. The third-order valence-electron chi connectivity index (χ3n) is 3.58. The van der Waals surface area contributed by atoms with Crippen molar-refractivity contribution in [2.45, 2.75) is 33.2 Å². The highest BCUT2D eigenvalue weighted by molar-refractivity contribution is 5.95. The van der Waals surface area contributed by atoms with Crippen LogP contribution in [0.1, 0.15) is 36.8 Å². The lowest BCUT2D eigenvalue weighted by atomic mass is 9.88. The number of hydrogen-bond acceptors (Lipinski definition) is 3. The van der Waals surface area contributed by atoms with Gasteiger partial charge in [-0.15, -0.1) is 0 Å². The van der Waals surface area contributed by atoms with Crippen LogP contribution in [0.15, 0.2) is 6.20 Å². The molecule has 5 heteroatoms. The lowest BCUT2D eigenvalue weighted by Gasteiger charge is -2.33. The molecule has 0 radical (unpaired) electrons. The molecule has 3 N–H and O–H groups in total. The second kappa shape index (κ2) is 4.87. The van der Waals surface area contributed by atoms with Crippen molar-refractivity contribution in [2.75, 3.05) is 6.54 Å². The fourth-order valence-corrected chi connectivity index (χ4v) is 1.48. The fourth-order valence-electron chi connectivity index (χ4n) is 1.48. The molecule has 0 saturated heterocycles. The third-order valence-corrected chi connectivity index (χ3v) is 3.58. The van der Waals surface area contributed by atoms with Crippen LogP contribution in [-0.4, -0.2) is 27.8 Å². The largest absolute Gasteiger partial charge is 0.345 e. The summed E-state index contributed by atoms with van der Waals surface area (Å²) < 4.78 is 1.68. The maximum atomic E-state index is 12.1. The number of nitrogens with zero attached hydrogens (tertiary/aromatic N) is 2. The Labute approximate surface area is 102 Å². The molecule has 1 aromatic rings. The minimum atomic E-state index is -0.390. The van der Waals surface area contributed by atoms with Gasteiger partial charge in [0, 0.05) is 19.3 Å². The molecule has 1 rings (SSSR count). The van der Waals surface area contributed by atoms with E-state index in [-0.39, 0.29) is 17.4 Å². The molecule has 5 nitrogen and oxygen atoms in total. The van der Waals surface area contributed by atoms with E-state index in [1.807, 2.05) is 34.7 Å². The van der Waals surface area contributed by atoms with Crippen molar-refractivity contribution in [3.63, 3.8) is 0 Å². The molecule has 1 aromatic heterocycles. The van der Waals surface area contributed by atoms with Crippen molar-refractivity contribution in [3.05, 3.63) is 17.5 Å². The Kier molecular flexibility index (Phi) is 3.93. The summed E-state index contributed by atoms with van der Waals surface area (Å²) in [5.74, 6) is 0.158. The molecule has 17 heavy (non-hydrogen) atoms. The average molecular weight is 238 g/mol. The second-order valence-corrected chi connectivity index (χ2v) is 5.00. The predicted molar refractivity (Wildman–Crippen MR) is 67.7 cm³/mol. The van der Waals surface area contributed by atoms with E-state index >= 15 is 0 Å². The lowest BCUT2D eigenvalue weighted by molar-refractivity contribution is 0.0882. The van der Waals surface area contributed by atoms with Crippen molar-refractivity contribution < 1.29 is 4.79 Å². The molecule has 0 bridgehead atoms. The third kappa shape index (κ3) is 2.66. The molecule has 0 aliphatic carbocycles. The Morgan fingerprint density at radius 1 is 1.65 bits per heavy atom. The van der Waals surface area contributed by atoms with Crippen LogP contribution >= 0.6 is 0 Å². The number of nitrogens with two attached hydrogens (primary N) is 1. The minimum absolute atomic E-state index is 0.114. The number of carbonyl (C=O) groups excluding carboxylic acids is 1. The Balaban J connectivity index is 2.89. The standard InChI is InChI=1S/C12H22N4O/c1-8(2)12(4,7-13)15-11(17)10-6-14-16(5)9(10)3/h6,8H,7,13H2,1-5H3,(H,15,17). The van der Waals surface area contributed by atoms with Gasteiger partial charge in [-0.1, -0.05) is 13.8 Å². The zero-order chi connectivity index (χ0) is 13.2. The smallest absolute Gasteiger partial charge is 0.255 e. The van der Waals surface area contributed by atoms with Crippen LogP contribution in [0.2, 0.25) is 0 Å². The van der Waals surface area contributed by atoms with Gasteiger partial charge in [-0.3, -0.25) is 9.48 Å². The van der Waals surface area contributed by atoms with E-state index in [0.717, 1.165) is 5.69 Å². The Morgan fingerprint density at radius 2 is 2.24 bits per heavy atom. The van der Waals surface area contributed by atoms with Crippen molar-refractivity contribution in [2.24, 2.45) is 18.7 Å². The van der Waals surface area contributed by atoms with E-state index in [4.69, 9.17) is 5.73 Å². The van der Waals surface area contributed by atoms with Gasteiger partial charge in [-0.25, -0.2) is 0 Å². The van der Waals surface area contributed by atoms with Gasteiger partial charge in [-0.2, -0.15) is 5.10 Å². The molecule has 1 amide bonds. The quantitative estimate of drug-likeness (QED) is 0.816. The first kappa shape index (κ1) is 13.7. The number of rotatable bonds is 4. The van der Waals surface area contributed by atoms with Crippen LogP contribution in [0.3, 0.4) is 0 Å². The van der Waals surface area contributed by atoms with Crippen molar-refractivity contribution in [1.82, 2.24) is 15.1 Å². The van der Waals surface area contributed by atoms with E-state index in [1.54, 1.807) is 10.9 Å². The van der Waals surface area contributed by atoms with Gasteiger partial charge in [-0.05, 0) is 19.8 Å². The van der Waals surface area contributed by atoms with Crippen molar-refractivity contribution in [3.8, 4) is 0 Å². The molecule has 0 spiro atoms. The van der Waals surface area contributed by atoms with Gasteiger partial charge in [0.25, 0.3) is 5.91 Å². The Morgan fingerprint density at radius 3 is 2.59 bits per heavy atom. The number of nitrogens with one attached hydrogen (secondary N) is 1. The first-order chi connectivity index (χ1) is 7.81. The van der Waals surface area contributed by atoms with Gasteiger partial charge in [0.05, 0.1) is 17.3 Å². The van der Waals surface area contributed by atoms with Crippen molar-refractivity contribution in [1.29, 1.82) is 0 Å². The first-order valence-corrected chi connectivity index (χ1v) is 5.83. The van der Waals surface area contributed by atoms with Gasteiger partial charge < -0.3 is 11.1 Å². The van der Waals surface area contributed by atoms with Gasteiger partial charge in [0.15, 0.2) is 0 Å². The van der Waals surface area contributed by atoms with E-state index in [2.05, 4.69) is 10.4 Å². The molecular weight excluding hydrogens is 216 g/mol. The number of amides is 1. The fraction of sp³-hybridized carbons (Fsp3) is 0.667. The molecule has 0 aliphatic heterocycles. The second-order valence-electron chi connectivity index (χ2n) is 5.00. The summed E-state index contributed by atoms with van der Waals surface area (Å²) in [6, 6.07) is 0. The average Bonchev–Trinajstić information content (AvgIpc) is 2.59. The van der Waals surface area contributed by atoms with Crippen LogP contribution in [0.25, 0.3) is 0 Å². The summed E-state index contributed by atoms with van der Waals surface area (Å²) >= 11 is 0. The monoisotopic (exact) mass is 238 g/mol. The van der Waals surface area contributed by atoms with Crippen LogP contribution in [-0.2, 0) is 7.05 Å². The van der Waals surface area contributed by atoms with E-state index in [1.165, 1.54) is 0 Å². The summed E-state index contributed by atoms with van der Waals surface area (Å²) in [4.78, 5) is 12.1. The van der Waals surface area contributed by atoms with Crippen molar-refractivity contribution >= 4 is 5.91 Å². The van der Waals surface area contributed by atoms with E-state index in [0.29, 0.717) is 12.1 Å². The van der Waals surface area contributed by atoms with Gasteiger partial charge in [0.2, 0.25) is 0 Å². The Hall–Kier alpha value is -1.36. The van der Waals surface area contributed by atoms with Gasteiger partial charge >= 0.3 is 0 Å². The zero-order valence-electron chi connectivity index (χ0n) is 11.2. The van der Waals surface area contributed by atoms with Crippen LogP contribution in [0, 0.1) is 12.8 Å². The molecule has 96 valence electrons. The Bertz CT molecular complexity index is 411. The highest BCUT2D eigenvalue weighted by atomic mass is 16.1. The molecular formula is C12H22N4O. The SMILES string of the molecule is Cc1c(C(=O)NC(C)(CN)C(C)C)cnn1C. The number of aromatic nitrogens is 2.